The minimum Gasteiger partial charge on any atom is -0.332 e. The summed E-state index contributed by atoms with van der Waals surface area (Å²) in [7, 11) is 0. The number of benzene rings is 4. The van der Waals surface area contributed by atoms with Crippen LogP contribution < -0.4 is 10.9 Å². The topological polar surface area (TPSA) is 76.9 Å². The maximum Gasteiger partial charge on any atom is 0.266 e. The number of ketones is 1. The van der Waals surface area contributed by atoms with Crippen LogP contribution in [0.15, 0.2) is 114 Å². The van der Waals surface area contributed by atoms with E-state index in [1.54, 1.807) is 34.9 Å². The van der Waals surface area contributed by atoms with Gasteiger partial charge in [-0.3, -0.25) is 14.2 Å². The third kappa shape index (κ3) is 4.40. The lowest BCUT2D eigenvalue weighted by Gasteiger charge is -2.14. The van der Waals surface area contributed by atoms with E-state index in [2.05, 4.69) is 5.32 Å². The standard InChI is InChI=1S/C31H22N4O2S/c1-20(36)21-16-18-24(19-17-21)35-29(33-26-15-9-8-14-25(26)30(35)37)28-27(22-10-4-2-5-11-22)34-31(38-28)32-23-12-6-3-7-13-23/h2-19H,1H3,(H,32,34). The Balaban J connectivity index is 1.62. The molecule has 7 heteroatoms. The van der Waals surface area contributed by atoms with Crippen LogP contribution in [0.4, 0.5) is 10.8 Å². The molecule has 0 aliphatic rings. The molecule has 184 valence electrons. The summed E-state index contributed by atoms with van der Waals surface area (Å²) < 4.78 is 1.61. The molecule has 0 radical (unpaired) electrons. The van der Waals surface area contributed by atoms with Gasteiger partial charge in [0.25, 0.3) is 5.56 Å². The summed E-state index contributed by atoms with van der Waals surface area (Å²) in [5.74, 6) is 0.452. The summed E-state index contributed by atoms with van der Waals surface area (Å²) in [6, 6.07) is 34.1. The van der Waals surface area contributed by atoms with E-state index in [9.17, 15) is 9.59 Å². The molecule has 0 spiro atoms. The van der Waals surface area contributed by atoms with E-state index in [1.807, 2.05) is 78.9 Å². The fourth-order valence-corrected chi connectivity index (χ4v) is 5.32. The molecule has 6 aromatic rings. The quantitative estimate of drug-likeness (QED) is 0.239. The van der Waals surface area contributed by atoms with Crippen molar-refractivity contribution in [3.63, 3.8) is 0 Å². The second-order valence-corrected chi connectivity index (χ2v) is 9.75. The first-order valence-corrected chi connectivity index (χ1v) is 12.9. The van der Waals surface area contributed by atoms with Gasteiger partial charge >= 0.3 is 0 Å². The SMILES string of the molecule is CC(=O)c1ccc(-n2c(-c3sc(Nc4ccccc4)nc3-c3ccccc3)nc3ccccc3c2=O)cc1. The number of carbonyl (C=O) groups excluding carboxylic acids is 1. The van der Waals surface area contributed by atoms with E-state index in [-0.39, 0.29) is 11.3 Å². The van der Waals surface area contributed by atoms with Crippen molar-refractivity contribution in [2.24, 2.45) is 0 Å². The number of hydrogen-bond donors (Lipinski definition) is 1. The van der Waals surface area contributed by atoms with Crippen molar-refractivity contribution in [1.29, 1.82) is 0 Å². The van der Waals surface area contributed by atoms with Crippen molar-refractivity contribution in [3.05, 3.63) is 125 Å². The molecule has 0 bridgehead atoms. The second-order valence-electron chi connectivity index (χ2n) is 8.75. The van der Waals surface area contributed by atoms with Gasteiger partial charge in [-0.2, -0.15) is 0 Å². The Morgan fingerprint density at radius 3 is 2.16 bits per heavy atom. The van der Waals surface area contributed by atoms with Gasteiger partial charge in [-0.25, -0.2) is 9.97 Å². The Bertz CT molecular complexity index is 1830. The highest BCUT2D eigenvalue weighted by molar-refractivity contribution is 7.19. The number of thiazole rings is 1. The monoisotopic (exact) mass is 514 g/mol. The zero-order chi connectivity index (χ0) is 26.1. The number of Topliss-reactive ketones (excluding diaryl/α,β-unsaturated/α-hetero) is 1. The lowest BCUT2D eigenvalue weighted by molar-refractivity contribution is 0.101. The Kier molecular flexibility index (Phi) is 6.11. The van der Waals surface area contributed by atoms with Crippen molar-refractivity contribution >= 4 is 38.8 Å². The van der Waals surface area contributed by atoms with Crippen LogP contribution in [-0.4, -0.2) is 20.3 Å². The van der Waals surface area contributed by atoms with E-state index < -0.39 is 0 Å². The lowest BCUT2D eigenvalue weighted by atomic mass is 10.1. The molecule has 0 aliphatic heterocycles. The van der Waals surface area contributed by atoms with Crippen LogP contribution in [0.5, 0.6) is 0 Å². The second kappa shape index (κ2) is 9.88. The predicted octanol–water partition coefficient (Wildman–Crippen LogP) is 7.12. The number of hydrogen-bond acceptors (Lipinski definition) is 6. The lowest BCUT2D eigenvalue weighted by Crippen LogP contribution is -2.22. The van der Waals surface area contributed by atoms with E-state index in [0.717, 1.165) is 21.8 Å². The van der Waals surface area contributed by atoms with Crippen LogP contribution in [0.2, 0.25) is 0 Å². The van der Waals surface area contributed by atoms with Crippen LogP contribution in [-0.2, 0) is 0 Å². The molecule has 0 saturated heterocycles. The number of aromatic nitrogens is 3. The third-order valence-electron chi connectivity index (χ3n) is 6.21. The number of nitrogens with one attached hydrogen (secondary N) is 1. The van der Waals surface area contributed by atoms with Crippen molar-refractivity contribution in [2.75, 3.05) is 5.32 Å². The minimum atomic E-state index is -0.189. The summed E-state index contributed by atoms with van der Waals surface area (Å²) in [5.41, 5.74) is 4.18. The summed E-state index contributed by atoms with van der Waals surface area (Å²) in [6.45, 7) is 1.52. The highest BCUT2D eigenvalue weighted by Gasteiger charge is 2.22. The summed E-state index contributed by atoms with van der Waals surface area (Å²) >= 11 is 1.44. The smallest absolute Gasteiger partial charge is 0.266 e. The van der Waals surface area contributed by atoms with Gasteiger partial charge in [0.1, 0.15) is 4.88 Å². The molecule has 38 heavy (non-hydrogen) atoms. The Hall–Kier alpha value is -4.88. The highest BCUT2D eigenvalue weighted by Crippen LogP contribution is 2.40. The van der Waals surface area contributed by atoms with Gasteiger partial charge < -0.3 is 5.32 Å². The largest absolute Gasteiger partial charge is 0.332 e. The number of para-hydroxylation sites is 2. The molecule has 2 heterocycles. The summed E-state index contributed by atoms with van der Waals surface area (Å²) in [5, 5.41) is 4.59. The summed E-state index contributed by atoms with van der Waals surface area (Å²) in [6.07, 6.45) is 0. The van der Waals surface area contributed by atoms with Gasteiger partial charge in [0.2, 0.25) is 0 Å². The average molecular weight is 515 g/mol. The molecule has 6 rings (SSSR count). The molecule has 0 atom stereocenters. The minimum absolute atomic E-state index is 0.0359. The zero-order valence-electron chi connectivity index (χ0n) is 20.5. The summed E-state index contributed by atoms with van der Waals surface area (Å²) in [4.78, 5) is 36.5. The number of rotatable bonds is 6. The molecule has 2 aromatic heterocycles. The van der Waals surface area contributed by atoms with E-state index in [0.29, 0.717) is 33.1 Å². The number of carbonyl (C=O) groups is 1. The molecular formula is C31H22N4O2S. The molecule has 4 aromatic carbocycles. The van der Waals surface area contributed by atoms with E-state index in [1.165, 1.54) is 18.3 Å². The van der Waals surface area contributed by atoms with Crippen LogP contribution in [0.1, 0.15) is 17.3 Å². The average Bonchev–Trinajstić information content (AvgIpc) is 3.37. The van der Waals surface area contributed by atoms with Gasteiger partial charge in [-0.05, 0) is 55.5 Å². The Morgan fingerprint density at radius 1 is 0.789 bits per heavy atom. The maximum atomic E-state index is 13.9. The molecule has 6 nitrogen and oxygen atoms in total. The van der Waals surface area contributed by atoms with Gasteiger partial charge in [-0.15, -0.1) is 0 Å². The van der Waals surface area contributed by atoms with Crippen LogP contribution in [0, 0.1) is 0 Å². The fraction of sp³-hybridized carbons (Fsp3) is 0.0323. The first kappa shape index (κ1) is 23.5. The molecular weight excluding hydrogens is 492 g/mol. The van der Waals surface area contributed by atoms with Crippen LogP contribution in [0.3, 0.4) is 0 Å². The van der Waals surface area contributed by atoms with Gasteiger partial charge in [0.05, 0.1) is 22.3 Å². The Labute approximate surface area is 222 Å². The fourth-order valence-electron chi connectivity index (χ4n) is 4.33. The molecule has 0 saturated carbocycles. The van der Waals surface area contributed by atoms with Crippen molar-refractivity contribution < 1.29 is 4.79 Å². The predicted molar refractivity (Wildman–Crippen MR) is 154 cm³/mol. The van der Waals surface area contributed by atoms with Crippen molar-refractivity contribution in [1.82, 2.24) is 14.5 Å². The highest BCUT2D eigenvalue weighted by atomic mass is 32.1. The number of anilines is 2. The first-order valence-electron chi connectivity index (χ1n) is 12.1. The molecule has 0 unspecified atom stereocenters. The molecule has 1 N–H and O–H groups in total. The van der Waals surface area contributed by atoms with E-state index in [4.69, 9.17) is 9.97 Å². The van der Waals surface area contributed by atoms with Crippen molar-refractivity contribution in [3.8, 4) is 27.6 Å². The first-order chi connectivity index (χ1) is 18.6. The van der Waals surface area contributed by atoms with Gasteiger partial charge in [0, 0.05) is 16.8 Å². The molecule has 0 fully saturated rings. The van der Waals surface area contributed by atoms with Gasteiger partial charge in [-0.1, -0.05) is 72.0 Å². The van der Waals surface area contributed by atoms with Crippen LogP contribution >= 0.6 is 11.3 Å². The normalized spacial score (nSPS) is 11.0. The van der Waals surface area contributed by atoms with Gasteiger partial charge in [0.15, 0.2) is 16.7 Å². The molecule has 0 aliphatic carbocycles. The zero-order valence-corrected chi connectivity index (χ0v) is 21.3. The third-order valence-corrected chi connectivity index (χ3v) is 7.18. The number of nitrogens with zero attached hydrogens (tertiary/aromatic N) is 3. The maximum absolute atomic E-state index is 13.9. The Morgan fingerprint density at radius 2 is 1.45 bits per heavy atom. The molecule has 0 amide bonds. The van der Waals surface area contributed by atoms with Crippen molar-refractivity contribution in [2.45, 2.75) is 6.92 Å². The van der Waals surface area contributed by atoms with Crippen LogP contribution in [0.25, 0.3) is 38.5 Å². The van der Waals surface area contributed by atoms with E-state index >= 15 is 0 Å². The number of fused-ring (bicyclic) bond motifs is 1.